The molecule has 1 saturated carbocycles. The first-order chi connectivity index (χ1) is 5.11. The quantitative estimate of drug-likeness (QED) is 0.575. The standard InChI is InChI=1S/C10H18O/c1-7(2)9-4-5-10(11)8(3)6-9/h7,9-11H,3-6H2,1-2H3/t9-,10?/m1/s1. The van der Waals surface area contributed by atoms with Crippen molar-refractivity contribution < 1.29 is 5.11 Å². The predicted octanol–water partition coefficient (Wildman–Crippen LogP) is 2.36. The van der Waals surface area contributed by atoms with Gasteiger partial charge in [0.1, 0.15) is 0 Å². The highest BCUT2D eigenvalue weighted by Gasteiger charge is 2.24. The summed E-state index contributed by atoms with van der Waals surface area (Å²) in [6.45, 7) is 8.37. The molecule has 0 amide bonds. The Kier molecular flexibility index (Phi) is 2.72. The van der Waals surface area contributed by atoms with Crippen molar-refractivity contribution in [3.8, 4) is 0 Å². The summed E-state index contributed by atoms with van der Waals surface area (Å²) in [5.74, 6) is 1.49. The molecular formula is C10H18O. The van der Waals surface area contributed by atoms with Gasteiger partial charge in [-0.3, -0.25) is 0 Å². The van der Waals surface area contributed by atoms with Crippen molar-refractivity contribution in [2.75, 3.05) is 0 Å². The summed E-state index contributed by atoms with van der Waals surface area (Å²) in [6, 6.07) is 0. The number of rotatable bonds is 1. The van der Waals surface area contributed by atoms with E-state index in [0.717, 1.165) is 36.7 Å². The second kappa shape index (κ2) is 3.40. The molecule has 11 heavy (non-hydrogen) atoms. The van der Waals surface area contributed by atoms with Crippen molar-refractivity contribution in [3.63, 3.8) is 0 Å². The van der Waals surface area contributed by atoms with Gasteiger partial charge >= 0.3 is 0 Å². The number of aliphatic hydroxyl groups excluding tert-OH is 1. The van der Waals surface area contributed by atoms with Gasteiger partial charge < -0.3 is 5.11 Å². The van der Waals surface area contributed by atoms with Crippen LogP contribution < -0.4 is 0 Å². The largest absolute Gasteiger partial charge is 0.389 e. The third kappa shape index (κ3) is 2.06. The van der Waals surface area contributed by atoms with Gasteiger partial charge in [0.05, 0.1) is 6.10 Å². The minimum absolute atomic E-state index is 0.218. The highest BCUT2D eigenvalue weighted by Crippen LogP contribution is 2.32. The molecule has 0 aromatic heterocycles. The molecule has 1 nitrogen and oxygen atoms in total. The van der Waals surface area contributed by atoms with Crippen LogP contribution in [0, 0.1) is 11.8 Å². The first-order valence-corrected chi connectivity index (χ1v) is 4.47. The minimum atomic E-state index is -0.218. The van der Waals surface area contributed by atoms with Crippen LogP contribution in [0.15, 0.2) is 12.2 Å². The van der Waals surface area contributed by atoms with E-state index in [0.29, 0.717) is 0 Å². The second-order valence-corrected chi connectivity index (χ2v) is 3.96. The van der Waals surface area contributed by atoms with E-state index in [9.17, 15) is 5.11 Å². The molecule has 0 aliphatic heterocycles. The molecule has 1 N–H and O–H groups in total. The van der Waals surface area contributed by atoms with Crippen molar-refractivity contribution in [3.05, 3.63) is 12.2 Å². The van der Waals surface area contributed by atoms with Gasteiger partial charge in [-0.1, -0.05) is 20.4 Å². The van der Waals surface area contributed by atoms with Crippen LogP contribution in [-0.2, 0) is 0 Å². The molecule has 1 aliphatic carbocycles. The van der Waals surface area contributed by atoms with E-state index < -0.39 is 0 Å². The molecule has 0 saturated heterocycles. The van der Waals surface area contributed by atoms with Gasteiger partial charge in [0, 0.05) is 0 Å². The zero-order chi connectivity index (χ0) is 8.43. The zero-order valence-electron chi connectivity index (χ0n) is 7.51. The second-order valence-electron chi connectivity index (χ2n) is 3.96. The molecule has 1 fully saturated rings. The fraction of sp³-hybridized carbons (Fsp3) is 0.800. The topological polar surface area (TPSA) is 20.2 Å². The van der Waals surface area contributed by atoms with Crippen molar-refractivity contribution in [2.24, 2.45) is 11.8 Å². The Morgan fingerprint density at radius 2 is 2.09 bits per heavy atom. The maximum atomic E-state index is 9.38. The summed E-state index contributed by atoms with van der Waals surface area (Å²) in [5.41, 5.74) is 1.04. The molecule has 0 spiro atoms. The molecule has 0 aromatic carbocycles. The minimum Gasteiger partial charge on any atom is -0.389 e. The first kappa shape index (κ1) is 8.79. The molecular weight excluding hydrogens is 136 g/mol. The van der Waals surface area contributed by atoms with Crippen LogP contribution in [-0.4, -0.2) is 11.2 Å². The Morgan fingerprint density at radius 3 is 2.55 bits per heavy atom. The van der Waals surface area contributed by atoms with E-state index in [1.165, 1.54) is 0 Å². The third-order valence-electron chi connectivity index (χ3n) is 2.75. The van der Waals surface area contributed by atoms with Crippen LogP contribution in [0.1, 0.15) is 33.1 Å². The molecule has 0 radical (unpaired) electrons. The van der Waals surface area contributed by atoms with Crippen molar-refractivity contribution in [1.82, 2.24) is 0 Å². The molecule has 1 rings (SSSR count). The Labute approximate surface area is 69.1 Å². The SMILES string of the molecule is C=C1C[C@H](C(C)C)CCC1O. The highest BCUT2D eigenvalue weighted by molar-refractivity contribution is 5.06. The predicted molar refractivity (Wildman–Crippen MR) is 47.3 cm³/mol. The van der Waals surface area contributed by atoms with E-state index in [2.05, 4.69) is 20.4 Å². The summed E-state index contributed by atoms with van der Waals surface area (Å²) in [5, 5.41) is 9.38. The lowest BCUT2D eigenvalue weighted by molar-refractivity contribution is 0.147. The van der Waals surface area contributed by atoms with Gasteiger partial charge in [-0.05, 0) is 36.7 Å². The van der Waals surface area contributed by atoms with Crippen LogP contribution in [0.2, 0.25) is 0 Å². The Hall–Kier alpha value is -0.300. The van der Waals surface area contributed by atoms with Gasteiger partial charge in [-0.2, -0.15) is 0 Å². The summed E-state index contributed by atoms with van der Waals surface area (Å²) >= 11 is 0. The summed E-state index contributed by atoms with van der Waals surface area (Å²) in [7, 11) is 0. The summed E-state index contributed by atoms with van der Waals surface area (Å²) in [4.78, 5) is 0. The van der Waals surface area contributed by atoms with E-state index in [4.69, 9.17) is 0 Å². The molecule has 1 unspecified atom stereocenters. The van der Waals surface area contributed by atoms with E-state index in [-0.39, 0.29) is 6.10 Å². The fourth-order valence-corrected chi connectivity index (χ4v) is 1.72. The van der Waals surface area contributed by atoms with Crippen LogP contribution in [0.25, 0.3) is 0 Å². The van der Waals surface area contributed by atoms with Crippen molar-refractivity contribution in [2.45, 2.75) is 39.2 Å². The van der Waals surface area contributed by atoms with Crippen molar-refractivity contribution >= 4 is 0 Å². The smallest absolute Gasteiger partial charge is 0.0747 e. The van der Waals surface area contributed by atoms with Crippen LogP contribution in [0.5, 0.6) is 0 Å². The zero-order valence-corrected chi connectivity index (χ0v) is 7.51. The number of hydrogen-bond donors (Lipinski definition) is 1. The lowest BCUT2D eigenvalue weighted by Gasteiger charge is -2.30. The lowest BCUT2D eigenvalue weighted by atomic mass is 9.78. The van der Waals surface area contributed by atoms with E-state index in [1.807, 2.05) is 0 Å². The van der Waals surface area contributed by atoms with Crippen LogP contribution in [0.3, 0.4) is 0 Å². The van der Waals surface area contributed by atoms with Gasteiger partial charge in [-0.25, -0.2) is 0 Å². The first-order valence-electron chi connectivity index (χ1n) is 4.47. The van der Waals surface area contributed by atoms with Gasteiger partial charge in [0.2, 0.25) is 0 Å². The Balaban J connectivity index is 2.46. The molecule has 64 valence electrons. The Morgan fingerprint density at radius 1 is 1.45 bits per heavy atom. The van der Waals surface area contributed by atoms with Crippen LogP contribution in [0.4, 0.5) is 0 Å². The maximum Gasteiger partial charge on any atom is 0.0747 e. The van der Waals surface area contributed by atoms with E-state index >= 15 is 0 Å². The summed E-state index contributed by atoms with van der Waals surface area (Å²) in [6.07, 6.45) is 2.89. The molecule has 0 bridgehead atoms. The molecule has 0 heterocycles. The molecule has 2 atom stereocenters. The Bertz CT molecular complexity index is 149. The molecule has 1 aliphatic rings. The third-order valence-corrected chi connectivity index (χ3v) is 2.75. The summed E-state index contributed by atoms with van der Waals surface area (Å²) < 4.78 is 0. The van der Waals surface area contributed by atoms with E-state index in [1.54, 1.807) is 0 Å². The molecule has 0 aromatic rings. The van der Waals surface area contributed by atoms with Crippen LogP contribution >= 0.6 is 0 Å². The lowest BCUT2D eigenvalue weighted by Crippen LogP contribution is -2.23. The number of aliphatic hydroxyl groups is 1. The average molecular weight is 154 g/mol. The maximum absolute atomic E-state index is 9.38. The molecule has 1 heteroatoms. The van der Waals surface area contributed by atoms with Gasteiger partial charge in [0.25, 0.3) is 0 Å². The van der Waals surface area contributed by atoms with Crippen molar-refractivity contribution in [1.29, 1.82) is 0 Å². The normalized spacial score (nSPS) is 32.9. The van der Waals surface area contributed by atoms with Gasteiger partial charge in [0.15, 0.2) is 0 Å². The number of hydrogen-bond acceptors (Lipinski definition) is 1. The average Bonchev–Trinajstić information content (AvgIpc) is 1.94. The highest BCUT2D eigenvalue weighted by atomic mass is 16.3. The monoisotopic (exact) mass is 154 g/mol. The fourth-order valence-electron chi connectivity index (χ4n) is 1.72. The van der Waals surface area contributed by atoms with Gasteiger partial charge in [-0.15, -0.1) is 0 Å².